The fraction of sp³-hybridized carbons (Fsp3) is 0.300. The summed E-state index contributed by atoms with van der Waals surface area (Å²) >= 11 is 1.68. The summed E-state index contributed by atoms with van der Waals surface area (Å²) in [6.07, 6.45) is 0. The molecule has 25 heavy (non-hydrogen) atoms. The van der Waals surface area contributed by atoms with Crippen molar-refractivity contribution in [1.82, 2.24) is 9.88 Å². The SMILES string of the molecule is Cc1ccc(NC(=O)[C@H](C)N(C)Cc2nc3ccccc3s2)c(C)c1. The van der Waals surface area contributed by atoms with E-state index in [4.69, 9.17) is 0 Å². The van der Waals surface area contributed by atoms with Gasteiger partial charge in [0, 0.05) is 5.69 Å². The molecule has 0 saturated carbocycles. The third kappa shape index (κ3) is 4.06. The van der Waals surface area contributed by atoms with E-state index in [1.165, 1.54) is 10.3 Å². The average molecular weight is 353 g/mol. The molecular weight excluding hydrogens is 330 g/mol. The Bertz CT molecular complexity index is 870. The summed E-state index contributed by atoms with van der Waals surface area (Å²) < 4.78 is 1.18. The largest absolute Gasteiger partial charge is 0.324 e. The number of amides is 1. The fourth-order valence-corrected chi connectivity index (χ4v) is 3.76. The van der Waals surface area contributed by atoms with Crippen molar-refractivity contribution < 1.29 is 4.79 Å². The summed E-state index contributed by atoms with van der Waals surface area (Å²) in [5, 5.41) is 4.06. The van der Waals surface area contributed by atoms with E-state index < -0.39 is 0 Å². The van der Waals surface area contributed by atoms with Crippen LogP contribution in [0.5, 0.6) is 0 Å². The topological polar surface area (TPSA) is 45.2 Å². The van der Waals surface area contributed by atoms with Crippen molar-refractivity contribution >= 4 is 33.1 Å². The van der Waals surface area contributed by atoms with Crippen LogP contribution in [0.15, 0.2) is 42.5 Å². The smallest absolute Gasteiger partial charge is 0.241 e. The number of likely N-dealkylation sites (N-methyl/N-ethyl adjacent to an activating group) is 1. The predicted octanol–water partition coefficient (Wildman–Crippen LogP) is 4.37. The Morgan fingerprint density at radius 2 is 2.00 bits per heavy atom. The Morgan fingerprint density at radius 3 is 2.72 bits per heavy atom. The van der Waals surface area contributed by atoms with Crippen LogP contribution in [0.25, 0.3) is 10.2 Å². The van der Waals surface area contributed by atoms with Gasteiger partial charge in [0.05, 0.1) is 22.8 Å². The first-order valence-electron chi connectivity index (χ1n) is 8.37. The summed E-state index contributed by atoms with van der Waals surface area (Å²) in [6.45, 7) is 6.64. The number of carbonyl (C=O) groups excluding carboxylic acids is 1. The van der Waals surface area contributed by atoms with E-state index in [1.807, 2.05) is 63.1 Å². The van der Waals surface area contributed by atoms with Gasteiger partial charge in [-0.05, 0) is 51.6 Å². The van der Waals surface area contributed by atoms with Crippen LogP contribution in [0.1, 0.15) is 23.1 Å². The molecule has 3 aromatic rings. The number of rotatable bonds is 5. The molecule has 0 unspecified atom stereocenters. The van der Waals surface area contributed by atoms with E-state index in [0.29, 0.717) is 6.54 Å². The van der Waals surface area contributed by atoms with Crippen LogP contribution in [-0.2, 0) is 11.3 Å². The highest BCUT2D eigenvalue weighted by molar-refractivity contribution is 7.18. The van der Waals surface area contributed by atoms with E-state index in [-0.39, 0.29) is 11.9 Å². The van der Waals surface area contributed by atoms with Crippen LogP contribution >= 0.6 is 11.3 Å². The molecule has 1 N–H and O–H groups in total. The number of aromatic nitrogens is 1. The summed E-state index contributed by atoms with van der Waals surface area (Å²) in [7, 11) is 1.96. The monoisotopic (exact) mass is 353 g/mol. The number of hydrogen-bond donors (Lipinski definition) is 1. The van der Waals surface area contributed by atoms with Crippen molar-refractivity contribution in [2.45, 2.75) is 33.4 Å². The Hall–Kier alpha value is -2.24. The molecule has 0 aliphatic rings. The van der Waals surface area contributed by atoms with Crippen molar-refractivity contribution in [3.63, 3.8) is 0 Å². The lowest BCUT2D eigenvalue weighted by molar-refractivity contribution is -0.120. The van der Waals surface area contributed by atoms with Gasteiger partial charge in [-0.25, -0.2) is 4.98 Å². The minimum atomic E-state index is -0.243. The first kappa shape index (κ1) is 17.6. The van der Waals surface area contributed by atoms with Gasteiger partial charge in [0.15, 0.2) is 0 Å². The standard InChI is InChI=1S/C20H23N3OS/c1-13-9-10-16(14(2)11-13)22-20(24)15(3)23(4)12-19-21-17-7-5-6-8-18(17)25-19/h5-11,15H,12H2,1-4H3,(H,22,24)/t15-/m0/s1. The van der Waals surface area contributed by atoms with Gasteiger partial charge in [-0.3, -0.25) is 9.69 Å². The maximum Gasteiger partial charge on any atom is 0.241 e. The van der Waals surface area contributed by atoms with Crippen molar-refractivity contribution in [2.75, 3.05) is 12.4 Å². The zero-order chi connectivity index (χ0) is 18.0. The fourth-order valence-electron chi connectivity index (χ4n) is 2.73. The number of thiazole rings is 1. The third-order valence-corrected chi connectivity index (χ3v) is 5.42. The van der Waals surface area contributed by atoms with Crippen molar-refractivity contribution in [3.05, 3.63) is 58.6 Å². The third-order valence-electron chi connectivity index (χ3n) is 4.40. The van der Waals surface area contributed by atoms with Crippen molar-refractivity contribution in [2.24, 2.45) is 0 Å². The van der Waals surface area contributed by atoms with Crippen LogP contribution in [0, 0.1) is 13.8 Å². The van der Waals surface area contributed by atoms with E-state index in [1.54, 1.807) is 11.3 Å². The summed E-state index contributed by atoms with van der Waals surface area (Å²) in [6, 6.07) is 13.9. The molecule has 130 valence electrons. The summed E-state index contributed by atoms with van der Waals surface area (Å²) in [5.41, 5.74) is 4.16. The van der Waals surface area contributed by atoms with Gasteiger partial charge in [0.25, 0.3) is 0 Å². The minimum absolute atomic E-state index is 0.00411. The molecule has 0 fully saturated rings. The van der Waals surface area contributed by atoms with Crippen molar-refractivity contribution in [1.29, 1.82) is 0 Å². The van der Waals surface area contributed by atoms with Gasteiger partial charge in [-0.2, -0.15) is 0 Å². The second-order valence-corrected chi connectivity index (χ2v) is 7.59. The van der Waals surface area contributed by atoms with Crippen LogP contribution in [0.3, 0.4) is 0 Å². The highest BCUT2D eigenvalue weighted by Crippen LogP contribution is 2.23. The van der Waals surface area contributed by atoms with Gasteiger partial charge in [0.1, 0.15) is 5.01 Å². The van der Waals surface area contributed by atoms with Crippen LogP contribution in [-0.4, -0.2) is 28.9 Å². The number of benzene rings is 2. The highest BCUT2D eigenvalue weighted by Gasteiger charge is 2.20. The number of para-hydroxylation sites is 1. The number of aryl methyl sites for hydroxylation is 2. The quantitative estimate of drug-likeness (QED) is 0.741. The maximum atomic E-state index is 12.6. The predicted molar refractivity (Wildman–Crippen MR) is 105 cm³/mol. The molecule has 1 atom stereocenters. The van der Waals surface area contributed by atoms with Crippen molar-refractivity contribution in [3.8, 4) is 0 Å². The second-order valence-electron chi connectivity index (χ2n) is 6.47. The van der Waals surface area contributed by atoms with Crippen LogP contribution in [0.4, 0.5) is 5.69 Å². The second kappa shape index (κ2) is 7.33. The normalized spacial score (nSPS) is 12.5. The van der Waals surface area contributed by atoms with E-state index >= 15 is 0 Å². The molecule has 1 amide bonds. The Kier molecular flexibility index (Phi) is 5.16. The average Bonchev–Trinajstić information content (AvgIpc) is 2.98. The van der Waals surface area contributed by atoms with Crippen LogP contribution in [0.2, 0.25) is 0 Å². The van der Waals surface area contributed by atoms with Crippen LogP contribution < -0.4 is 5.32 Å². The maximum absolute atomic E-state index is 12.6. The molecule has 2 aromatic carbocycles. The number of nitrogens with zero attached hydrogens (tertiary/aromatic N) is 2. The molecule has 5 heteroatoms. The number of fused-ring (bicyclic) bond motifs is 1. The highest BCUT2D eigenvalue weighted by atomic mass is 32.1. The van der Waals surface area contributed by atoms with Gasteiger partial charge in [0.2, 0.25) is 5.91 Å². The lowest BCUT2D eigenvalue weighted by atomic mass is 10.1. The molecule has 4 nitrogen and oxygen atoms in total. The lowest BCUT2D eigenvalue weighted by Crippen LogP contribution is -2.39. The molecule has 0 spiro atoms. The molecule has 0 radical (unpaired) electrons. The van der Waals surface area contributed by atoms with E-state index in [0.717, 1.165) is 21.8 Å². The molecular formula is C20H23N3OS. The number of anilines is 1. The lowest BCUT2D eigenvalue weighted by Gasteiger charge is -2.23. The Balaban J connectivity index is 1.66. The van der Waals surface area contributed by atoms with E-state index in [2.05, 4.69) is 22.4 Å². The van der Waals surface area contributed by atoms with Gasteiger partial charge in [-0.15, -0.1) is 11.3 Å². The Labute approximate surface area is 152 Å². The number of hydrogen-bond acceptors (Lipinski definition) is 4. The first-order chi connectivity index (χ1) is 11.9. The van der Waals surface area contributed by atoms with E-state index in [9.17, 15) is 4.79 Å². The molecule has 3 rings (SSSR count). The first-order valence-corrected chi connectivity index (χ1v) is 9.18. The number of nitrogens with one attached hydrogen (secondary N) is 1. The zero-order valence-electron chi connectivity index (χ0n) is 15.0. The molecule has 0 aliphatic carbocycles. The van der Waals surface area contributed by atoms with Gasteiger partial charge < -0.3 is 5.32 Å². The molecule has 1 heterocycles. The molecule has 0 bridgehead atoms. The Morgan fingerprint density at radius 1 is 1.24 bits per heavy atom. The zero-order valence-corrected chi connectivity index (χ0v) is 15.9. The van der Waals surface area contributed by atoms with Gasteiger partial charge in [-0.1, -0.05) is 29.8 Å². The molecule has 0 aliphatic heterocycles. The summed E-state index contributed by atoms with van der Waals surface area (Å²) in [5.74, 6) is -0.00411. The minimum Gasteiger partial charge on any atom is -0.324 e. The molecule has 1 aromatic heterocycles. The van der Waals surface area contributed by atoms with Gasteiger partial charge >= 0.3 is 0 Å². The summed E-state index contributed by atoms with van der Waals surface area (Å²) in [4.78, 5) is 19.3. The molecule has 0 saturated heterocycles. The number of carbonyl (C=O) groups is 1.